The average molecular weight is 452 g/mol. The van der Waals surface area contributed by atoms with Gasteiger partial charge in [-0.2, -0.15) is 0 Å². The molecule has 1 atom stereocenters. The van der Waals surface area contributed by atoms with Crippen LogP contribution in [0.4, 0.5) is 16.2 Å². The molecule has 1 saturated heterocycles. The van der Waals surface area contributed by atoms with E-state index in [1.165, 1.54) is 0 Å². The smallest absolute Gasteiger partial charge is 0.319 e. The first kappa shape index (κ1) is 23.1. The summed E-state index contributed by atoms with van der Waals surface area (Å²) in [5.41, 5.74) is 1.87. The first-order chi connectivity index (χ1) is 16.1. The summed E-state index contributed by atoms with van der Waals surface area (Å²) in [4.78, 5) is 25.6. The molecule has 2 aliphatic rings. The number of rotatable bonds is 7. The third-order valence-corrected chi connectivity index (χ3v) is 6.70. The number of hydrogen-bond donors (Lipinski definition) is 3. The van der Waals surface area contributed by atoms with E-state index in [-0.39, 0.29) is 18.0 Å². The zero-order chi connectivity index (χ0) is 23.1. The molecule has 1 heterocycles. The molecule has 1 aliphatic carbocycles. The van der Waals surface area contributed by atoms with Gasteiger partial charge in [0, 0.05) is 24.5 Å². The van der Waals surface area contributed by atoms with Crippen LogP contribution < -0.4 is 20.7 Å². The van der Waals surface area contributed by atoms with Crippen molar-refractivity contribution in [3.8, 4) is 5.75 Å². The van der Waals surface area contributed by atoms with Crippen molar-refractivity contribution in [2.45, 2.75) is 56.5 Å². The van der Waals surface area contributed by atoms with Gasteiger partial charge in [-0.3, -0.25) is 4.79 Å². The predicted octanol–water partition coefficient (Wildman–Crippen LogP) is 4.84. The lowest BCUT2D eigenvalue weighted by atomic mass is 9.68. The fourth-order valence-corrected chi connectivity index (χ4v) is 4.79. The predicted molar refractivity (Wildman–Crippen MR) is 129 cm³/mol. The van der Waals surface area contributed by atoms with Crippen molar-refractivity contribution in [3.05, 3.63) is 54.1 Å². The molecule has 0 bridgehead atoms. The van der Waals surface area contributed by atoms with Crippen LogP contribution in [0, 0.1) is 0 Å². The SMILES string of the molecule is COc1ccc(C2(C(=O)Nc3ccc(NC(=O)NCC4CCCO4)cc3)CCCCC2)cc1. The minimum Gasteiger partial charge on any atom is -0.497 e. The van der Waals surface area contributed by atoms with Crippen molar-refractivity contribution < 1.29 is 19.1 Å². The summed E-state index contributed by atoms with van der Waals surface area (Å²) in [5.74, 6) is 0.801. The molecule has 2 fully saturated rings. The number of ether oxygens (including phenoxy) is 2. The molecule has 176 valence electrons. The van der Waals surface area contributed by atoms with E-state index >= 15 is 0 Å². The second kappa shape index (κ2) is 10.7. The van der Waals surface area contributed by atoms with Gasteiger partial charge in [-0.15, -0.1) is 0 Å². The maximum absolute atomic E-state index is 13.5. The average Bonchev–Trinajstić information content (AvgIpc) is 3.38. The van der Waals surface area contributed by atoms with Gasteiger partial charge in [-0.05, 0) is 67.6 Å². The highest BCUT2D eigenvalue weighted by molar-refractivity contribution is 5.99. The molecule has 0 aromatic heterocycles. The van der Waals surface area contributed by atoms with E-state index in [1.54, 1.807) is 19.2 Å². The molecule has 3 amide bonds. The van der Waals surface area contributed by atoms with E-state index in [0.29, 0.717) is 17.9 Å². The minimum atomic E-state index is -0.538. The molecule has 1 unspecified atom stereocenters. The molecule has 2 aromatic rings. The molecule has 0 radical (unpaired) electrons. The van der Waals surface area contributed by atoms with E-state index in [9.17, 15) is 9.59 Å². The highest BCUT2D eigenvalue weighted by Gasteiger charge is 2.41. The first-order valence-electron chi connectivity index (χ1n) is 11.8. The maximum Gasteiger partial charge on any atom is 0.319 e. The Labute approximate surface area is 195 Å². The van der Waals surface area contributed by atoms with Gasteiger partial charge >= 0.3 is 6.03 Å². The molecule has 1 saturated carbocycles. The topological polar surface area (TPSA) is 88.7 Å². The number of carbonyl (C=O) groups is 2. The van der Waals surface area contributed by atoms with Gasteiger partial charge in [0.25, 0.3) is 0 Å². The van der Waals surface area contributed by atoms with Crippen LogP contribution >= 0.6 is 0 Å². The van der Waals surface area contributed by atoms with Crippen molar-refractivity contribution in [1.29, 1.82) is 0 Å². The number of methoxy groups -OCH3 is 1. The number of amides is 3. The normalized spacial score (nSPS) is 19.5. The van der Waals surface area contributed by atoms with Crippen LogP contribution in [-0.2, 0) is 14.9 Å². The molecule has 0 spiro atoms. The fourth-order valence-electron chi connectivity index (χ4n) is 4.79. The second-order valence-corrected chi connectivity index (χ2v) is 8.87. The molecule has 4 rings (SSSR count). The van der Waals surface area contributed by atoms with E-state index in [4.69, 9.17) is 9.47 Å². The Morgan fingerprint density at radius 1 is 0.939 bits per heavy atom. The fraction of sp³-hybridized carbons (Fsp3) is 0.462. The van der Waals surface area contributed by atoms with Crippen molar-refractivity contribution in [1.82, 2.24) is 5.32 Å². The molecule has 1 aliphatic heterocycles. The van der Waals surface area contributed by atoms with E-state index < -0.39 is 5.41 Å². The quantitative estimate of drug-likeness (QED) is 0.562. The van der Waals surface area contributed by atoms with Gasteiger partial charge in [-0.25, -0.2) is 4.79 Å². The van der Waals surface area contributed by atoms with E-state index in [1.807, 2.05) is 36.4 Å². The zero-order valence-electron chi connectivity index (χ0n) is 19.2. The Kier molecular flexibility index (Phi) is 7.50. The maximum atomic E-state index is 13.5. The standard InChI is InChI=1S/C26H33N3O4/c1-32-22-13-7-19(8-14-22)26(15-3-2-4-16-26)24(30)28-20-9-11-21(12-10-20)29-25(31)27-18-23-6-5-17-33-23/h7-14,23H,2-6,15-18H2,1H3,(H,28,30)(H2,27,29,31). The highest BCUT2D eigenvalue weighted by Crippen LogP contribution is 2.41. The lowest BCUT2D eigenvalue weighted by molar-refractivity contribution is -0.122. The van der Waals surface area contributed by atoms with Crippen LogP contribution in [0.1, 0.15) is 50.5 Å². The summed E-state index contributed by atoms with van der Waals surface area (Å²) in [6, 6.07) is 14.8. The number of nitrogens with one attached hydrogen (secondary N) is 3. The van der Waals surface area contributed by atoms with E-state index in [0.717, 1.165) is 62.9 Å². The van der Waals surface area contributed by atoms with E-state index in [2.05, 4.69) is 16.0 Å². The minimum absolute atomic E-state index is 0.0161. The Morgan fingerprint density at radius 2 is 1.61 bits per heavy atom. The molecule has 3 N–H and O–H groups in total. The van der Waals surface area contributed by atoms with Crippen LogP contribution in [0.3, 0.4) is 0 Å². The molecule has 7 heteroatoms. The Hall–Kier alpha value is -3.06. The Morgan fingerprint density at radius 3 is 2.21 bits per heavy atom. The number of carbonyl (C=O) groups excluding carboxylic acids is 2. The summed E-state index contributed by atoms with van der Waals surface area (Å²) in [7, 11) is 1.64. The van der Waals surface area contributed by atoms with Crippen molar-refractivity contribution in [3.63, 3.8) is 0 Å². The van der Waals surface area contributed by atoms with Gasteiger partial charge in [0.1, 0.15) is 5.75 Å². The summed E-state index contributed by atoms with van der Waals surface area (Å²) in [5, 5.41) is 8.77. The van der Waals surface area contributed by atoms with Gasteiger partial charge in [0.2, 0.25) is 5.91 Å². The van der Waals surface area contributed by atoms with Crippen LogP contribution in [-0.4, -0.2) is 38.3 Å². The van der Waals surface area contributed by atoms with Crippen LogP contribution in [0.15, 0.2) is 48.5 Å². The summed E-state index contributed by atoms with van der Waals surface area (Å²) < 4.78 is 10.8. The number of urea groups is 1. The van der Waals surface area contributed by atoms with Crippen LogP contribution in [0.2, 0.25) is 0 Å². The zero-order valence-corrected chi connectivity index (χ0v) is 19.2. The second-order valence-electron chi connectivity index (χ2n) is 8.87. The van der Waals surface area contributed by atoms with Crippen molar-refractivity contribution >= 4 is 23.3 Å². The van der Waals surface area contributed by atoms with Gasteiger partial charge in [0.15, 0.2) is 0 Å². The van der Waals surface area contributed by atoms with Crippen molar-refractivity contribution in [2.75, 3.05) is 30.9 Å². The largest absolute Gasteiger partial charge is 0.497 e. The monoisotopic (exact) mass is 451 g/mol. The van der Waals surface area contributed by atoms with Crippen LogP contribution in [0.5, 0.6) is 5.75 Å². The molecule has 2 aromatic carbocycles. The number of anilines is 2. The van der Waals surface area contributed by atoms with Gasteiger partial charge in [-0.1, -0.05) is 31.4 Å². The van der Waals surface area contributed by atoms with Gasteiger partial charge < -0.3 is 25.4 Å². The summed E-state index contributed by atoms with van der Waals surface area (Å²) in [6.07, 6.45) is 7.00. The third-order valence-electron chi connectivity index (χ3n) is 6.70. The highest BCUT2D eigenvalue weighted by atomic mass is 16.5. The lowest BCUT2D eigenvalue weighted by Gasteiger charge is -2.36. The number of hydrogen-bond acceptors (Lipinski definition) is 4. The Balaban J connectivity index is 1.38. The third kappa shape index (κ3) is 5.66. The lowest BCUT2D eigenvalue weighted by Crippen LogP contribution is -2.42. The first-order valence-corrected chi connectivity index (χ1v) is 11.8. The molecular formula is C26H33N3O4. The summed E-state index contributed by atoms with van der Waals surface area (Å²) in [6.45, 7) is 1.27. The van der Waals surface area contributed by atoms with Crippen LogP contribution in [0.25, 0.3) is 0 Å². The molecule has 33 heavy (non-hydrogen) atoms. The molecular weight excluding hydrogens is 418 g/mol. The molecule has 7 nitrogen and oxygen atoms in total. The van der Waals surface area contributed by atoms with Crippen molar-refractivity contribution in [2.24, 2.45) is 0 Å². The number of benzene rings is 2. The summed E-state index contributed by atoms with van der Waals surface area (Å²) >= 11 is 0. The Bertz CT molecular complexity index is 931. The van der Waals surface area contributed by atoms with Gasteiger partial charge in [0.05, 0.1) is 18.6 Å².